The first kappa shape index (κ1) is 5.41. The van der Waals surface area contributed by atoms with Crippen molar-refractivity contribution < 1.29 is 4.79 Å². The number of carbonyl (C=O) groups excluding carboxylic acids is 1. The summed E-state index contributed by atoms with van der Waals surface area (Å²) in [5, 5.41) is 0. The Morgan fingerprint density at radius 1 is 1.70 bits per heavy atom. The van der Waals surface area contributed by atoms with Crippen LogP contribution in [0.1, 0.15) is 0 Å². The van der Waals surface area contributed by atoms with E-state index < -0.39 is 5.41 Å². The fourth-order valence-corrected chi connectivity index (χ4v) is 1.15. The average molecular weight is 134 g/mol. The van der Waals surface area contributed by atoms with Crippen LogP contribution in [0.5, 0.6) is 0 Å². The Kier molecular flexibility index (Phi) is 0.740. The van der Waals surface area contributed by atoms with Crippen LogP contribution in [0.3, 0.4) is 0 Å². The highest BCUT2D eigenvalue weighted by atomic mass is 16.1. The zero-order valence-electron chi connectivity index (χ0n) is 5.24. The third-order valence-electron chi connectivity index (χ3n) is 1.90. The molecule has 1 heterocycles. The molecule has 2 rings (SSSR count). The number of rotatable bonds is 1. The molecule has 3 nitrogen and oxygen atoms in total. The molecular weight excluding hydrogens is 128 g/mol. The molecule has 1 atom stereocenters. The quantitative estimate of drug-likeness (QED) is 0.539. The molecule has 2 N–H and O–H groups in total. The predicted octanol–water partition coefficient (Wildman–Crippen LogP) is -0.00380. The maximum absolute atomic E-state index is 10.8. The summed E-state index contributed by atoms with van der Waals surface area (Å²) in [5.41, 5.74) is 5.42. The van der Waals surface area contributed by atoms with Crippen LogP contribution in [0.15, 0.2) is 28.9 Å². The molecule has 0 saturated carbocycles. The maximum Gasteiger partial charge on any atom is 0.237 e. The topological polar surface area (TPSA) is 55.5 Å². The highest BCUT2D eigenvalue weighted by Gasteiger charge is 2.43. The van der Waals surface area contributed by atoms with Crippen LogP contribution in [-0.4, -0.2) is 12.1 Å². The minimum atomic E-state index is -0.639. The number of hydrogen-bond donors (Lipinski definition) is 1. The van der Waals surface area contributed by atoms with Gasteiger partial charge >= 0.3 is 0 Å². The van der Waals surface area contributed by atoms with Crippen molar-refractivity contribution >= 4 is 12.1 Å². The standard InChI is InChI=1S/C7H6N2O/c8-6(10)7-2-1-5(7)3-9-4-7/h1-4H,(H2,8,10). The van der Waals surface area contributed by atoms with Crippen molar-refractivity contribution in [3.8, 4) is 0 Å². The normalized spacial score (nSPS) is 33.0. The molecular formula is C7H6N2O. The van der Waals surface area contributed by atoms with Crippen molar-refractivity contribution in [2.45, 2.75) is 0 Å². The number of primary amides is 1. The van der Waals surface area contributed by atoms with Gasteiger partial charge in [-0.15, -0.1) is 0 Å². The molecule has 2 aliphatic rings. The van der Waals surface area contributed by atoms with Crippen LogP contribution in [0.25, 0.3) is 0 Å². The van der Waals surface area contributed by atoms with Crippen LogP contribution < -0.4 is 5.73 Å². The lowest BCUT2D eigenvalue weighted by molar-refractivity contribution is -0.121. The highest BCUT2D eigenvalue weighted by molar-refractivity contribution is 6.08. The second kappa shape index (κ2) is 1.37. The van der Waals surface area contributed by atoms with Crippen molar-refractivity contribution in [3.63, 3.8) is 0 Å². The van der Waals surface area contributed by atoms with Crippen LogP contribution in [-0.2, 0) is 4.79 Å². The molecule has 3 heteroatoms. The second-order valence-corrected chi connectivity index (χ2v) is 2.43. The Bertz CT molecular complexity index is 278. The molecule has 1 amide bonds. The molecule has 0 spiro atoms. The largest absolute Gasteiger partial charge is 0.368 e. The molecule has 0 fully saturated rings. The second-order valence-electron chi connectivity index (χ2n) is 2.43. The molecule has 10 heavy (non-hydrogen) atoms. The highest BCUT2D eigenvalue weighted by Crippen LogP contribution is 2.39. The van der Waals surface area contributed by atoms with Crippen LogP contribution >= 0.6 is 0 Å². The van der Waals surface area contributed by atoms with Gasteiger partial charge in [-0.25, -0.2) is 0 Å². The van der Waals surface area contributed by atoms with Crippen LogP contribution in [0.2, 0.25) is 0 Å². The molecule has 0 radical (unpaired) electrons. The maximum atomic E-state index is 10.8. The lowest BCUT2D eigenvalue weighted by Crippen LogP contribution is -2.40. The van der Waals surface area contributed by atoms with E-state index in [9.17, 15) is 4.79 Å². The molecule has 1 aliphatic carbocycles. The molecule has 0 aromatic rings. The van der Waals surface area contributed by atoms with E-state index in [2.05, 4.69) is 4.99 Å². The molecule has 1 aliphatic heterocycles. The summed E-state index contributed by atoms with van der Waals surface area (Å²) >= 11 is 0. The minimum Gasteiger partial charge on any atom is -0.368 e. The van der Waals surface area contributed by atoms with Crippen LogP contribution in [0.4, 0.5) is 0 Å². The first-order chi connectivity index (χ1) is 4.76. The smallest absolute Gasteiger partial charge is 0.237 e. The third-order valence-corrected chi connectivity index (χ3v) is 1.90. The predicted molar refractivity (Wildman–Crippen MR) is 37.3 cm³/mol. The summed E-state index contributed by atoms with van der Waals surface area (Å²) in [6, 6.07) is 0. The van der Waals surface area contributed by atoms with E-state index in [0.717, 1.165) is 5.57 Å². The minimum absolute atomic E-state index is 0.345. The average Bonchev–Trinajstić information content (AvgIpc) is 2.09. The van der Waals surface area contributed by atoms with Gasteiger partial charge in [0, 0.05) is 12.4 Å². The van der Waals surface area contributed by atoms with E-state index in [1.165, 1.54) is 0 Å². The van der Waals surface area contributed by atoms with Gasteiger partial charge in [0.1, 0.15) is 5.41 Å². The van der Waals surface area contributed by atoms with Gasteiger partial charge in [0.05, 0.1) is 0 Å². The number of nitrogens with zero attached hydrogens (tertiary/aromatic N) is 1. The van der Waals surface area contributed by atoms with E-state index in [0.29, 0.717) is 0 Å². The lowest BCUT2D eigenvalue weighted by Gasteiger charge is -2.27. The van der Waals surface area contributed by atoms with Gasteiger partial charge in [0.15, 0.2) is 0 Å². The van der Waals surface area contributed by atoms with Gasteiger partial charge in [-0.3, -0.25) is 9.79 Å². The van der Waals surface area contributed by atoms with Gasteiger partial charge in [-0.05, 0) is 5.57 Å². The number of nitrogens with two attached hydrogens (primary N) is 1. The summed E-state index contributed by atoms with van der Waals surface area (Å²) in [6.45, 7) is 0. The molecule has 0 saturated heterocycles. The third kappa shape index (κ3) is 0.375. The number of allylic oxidation sites excluding steroid dienone is 1. The molecule has 0 bridgehead atoms. The Morgan fingerprint density at radius 2 is 2.50 bits per heavy atom. The molecule has 50 valence electrons. The van der Waals surface area contributed by atoms with Crippen molar-refractivity contribution in [3.05, 3.63) is 23.9 Å². The van der Waals surface area contributed by atoms with Gasteiger partial charge in [-0.1, -0.05) is 12.2 Å². The fourth-order valence-electron chi connectivity index (χ4n) is 1.15. The van der Waals surface area contributed by atoms with Gasteiger partial charge in [0.25, 0.3) is 0 Å². The number of aliphatic imine (C=N–C) groups is 1. The van der Waals surface area contributed by atoms with Gasteiger partial charge in [0.2, 0.25) is 5.91 Å². The van der Waals surface area contributed by atoms with Crippen LogP contribution in [0, 0.1) is 5.41 Å². The van der Waals surface area contributed by atoms with E-state index in [1.807, 2.05) is 6.08 Å². The molecule has 0 aromatic heterocycles. The summed E-state index contributed by atoms with van der Waals surface area (Å²) in [7, 11) is 0. The Morgan fingerprint density at radius 3 is 2.80 bits per heavy atom. The summed E-state index contributed by atoms with van der Waals surface area (Å²) in [5.74, 6) is -0.345. The Hall–Kier alpha value is -1.38. The van der Waals surface area contributed by atoms with E-state index in [1.54, 1.807) is 18.5 Å². The number of fused-ring (bicyclic) bond motifs is 1. The zero-order valence-corrected chi connectivity index (χ0v) is 5.24. The van der Waals surface area contributed by atoms with Crippen molar-refractivity contribution in [2.24, 2.45) is 16.1 Å². The zero-order chi connectivity index (χ0) is 7.19. The molecule has 1 unspecified atom stereocenters. The summed E-state index contributed by atoms with van der Waals surface area (Å²) in [6.07, 6.45) is 6.84. The van der Waals surface area contributed by atoms with Crippen molar-refractivity contribution in [1.82, 2.24) is 0 Å². The number of amides is 1. The summed E-state index contributed by atoms with van der Waals surface area (Å²) < 4.78 is 0. The van der Waals surface area contributed by atoms with Gasteiger partial charge < -0.3 is 5.73 Å². The SMILES string of the molecule is NC(=O)C12C=CC1=CN=C2. The molecule has 0 aromatic carbocycles. The van der Waals surface area contributed by atoms with Crippen molar-refractivity contribution in [2.75, 3.05) is 0 Å². The summed E-state index contributed by atoms with van der Waals surface area (Å²) in [4.78, 5) is 14.7. The fraction of sp³-hybridized carbons (Fsp3) is 0.143. The lowest BCUT2D eigenvalue weighted by atomic mass is 9.73. The first-order valence-corrected chi connectivity index (χ1v) is 3.00. The Labute approximate surface area is 57.9 Å². The van der Waals surface area contributed by atoms with Crippen molar-refractivity contribution in [1.29, 1.82) is 0 Å². The number of carbonyl (C=O) groups is 1. The number of hydrogen-bond acceptors (Lipinski definition) is 2. The van der Waals surface area contributed by atoms with E-state index in [4.69, 9.17) is 5.73 Å². The van der Waals surface area contributed by atoms with E-state index in [-0.39, 0.29) is 5.91 Å². The van der Waals surface area contributed by atoms with E-state index >= 15 is 0 Å². The van der Waals surface area contributed by atoms with Gasteiger partial charge in [-0.2, -0.15) is 0 Å². The first-order valence-electron chi connectivity index (χ1n) is 3.00. The Balaban J connectivity index is 2.51. The monoisotopic (exact) mass is 134 g/mol.